The molecule has 0 radical (unpaired) electrons. The highest BCUT2D eigenvalue weighted by atomic mass is 31.0. The molecule has 0 saturated carbocycles. The van der Waals surface area contributed by atoms with Gasteiger partial charge in [0.2, 0.25) is 0 Å². The standard InChI is InChI=1S/C6H5N3.CH5P/c1-2-5-6(7-3-1)9-4-8-5;1-2/h1-4H,(H,7,8,9);2H2,1H3. The minimum absolute atomic E-state index is 0.775. The maximum atomic E-state index is 4.00. The van der Waals surface area contributed by atoms with Crippen LogP contribution in [0.25, 0.3) is 11.2 Å². The first kappa shape index (κ1) is 8.15. The Bertz CT molecular complexity index is 288. The van der Waals surface area contributed by atoms with E-state index in [9.17, 15) is 0 Å². The molecule has 2 aromatic rings. The zero-order chi connectivity index (χ0) is 8.10. The normalized spacial score (nSPS) is 8.91. The van der Waals surface area contributed by atoms with E-state index in [-0.39, 0.29) is 0 Å². The molecular formula is C7H10N3P. The van der Waals surface area contributed by atoms with E-state index in [0.29, 0.717) is 0 Å². The van der Waals surface area contributed by atoms with Crippen molar-refractivity contribution < 1.29 is 0 Å². The van der Waals surface area contributed by atoms with Crippen molar-refractivity contribution >= 4 is 20.4 Å². The van der Waals surface area contributed by atoms with Crippen molar-refractivity contribution in [3.05, 3.63) is 24.7 Å². The zero-order valence-corrected chi connectivity index (χ0v) is 7.44. The van der Waals surface area contributed by atoms with Crippen molar-refractivity contribution in [2.75, 3.05) is 6.66 Å². The van der Waals surface area contributed by atoms with Crippen LogP contribution in [0.3, 0.4) is 0 Å². The van der Waals surface area contributed by atoms with E-state index in [1.807, 2.05) is 18.8 Å². The number of fused-ring (bicyclic) bond motifs is 1. The Balaban J connectivity index is 0.000000281. The Labute approximate surface area is 67.5 Å². The number of rotatable bonds is 0. The maximum Gasteiger partial charge on any atom is 0.177 e. The topological polar surface area (TPSA) is 41.6 Å². The summed E-state index contributed by atoms with van der Waals surface area (Å²) in [5, 5.41) is 0. The molecule has 0 aromatic carbocycles. The molecule has 2 aromatic heterocycles. The summed E-state index contributed by atoms with van der Waals surface area (Å²) in [5.74, 6) is 0. The molecule has 0 aliphatic rings. The lowest BCUT2D eigenvalue weighted by Gasteiger charge is -1.80. The highest BCUT2D eigenvalue weighted by molar-refractivity contribution is 7.15. The number of imidazole rings is 1. The van der Waals surface area contributed by atoms with Crippen LogP contribution in [0.15, 0.2) is 24.7 Å². The second-order valence-electron chi connectivity index (χ2n) is 1.78. The SMILES string of the molecule is CP.c1cnc2nc[nH]c2c1. The third kappa shape index (κ3) is 1.75. The number of H-pyrrole nitrogens is 1. The number of aromatic amines is 1. The quantitative estimate of drug-likeness (QED) is 0.603. The van der Waals surface area contributed by atoms with Crippen molar-refractivity contribution in [2.45, 2.75) is 0 Å². The van der Waals surface area contributed by atoms with Gasteiger partial charge >= 0.3 is 0 Å². The van der Waals surface area contributed by atoms with Crippen LogP contribution in [0.4, 0.5) is 0 Å². The first-order valence-corrected chi connectivity index (χ1v) is 4.44. The predicted molar refractivity (Wildman–Crippen MR) is 49.5 cm³/mol. The maximum absolute atomic E-state index is 4.00. The van der Waals surface area contributed by atoms with Gasteiger partial charge in [0.25, 0.3) is 0 Å². The number of pyridine rings is 1. The summed E-state index contributed by atoms with van der Waals surface area (Å²) in [5.41, 5.74) is 1.76. The summed E-state index contributed by atoms with van der Waals surface area (Å²) in [7, 11) is 2.42. The van der Waals surface area contributed by atoms with E-state index in [0.717, 1.165) is 11.2 Å². The summed E-state index contributed by atoms with van der Waals surface area (Å²) < 4.78 is 0. The summed E-state index contributed by atoms with van der Waals surface area (Å²) in [6.07, 6.45) is 3.36. The van der Waals surface area contributed by atoms with Crippen LogP contribution >= 0.6 is 9.24 Å². The molecule has 11 heavy (non-hydrogen) atoms. The summed E-state index contributed by atoms with van der Waals surface area (Å²) >= 11 is 0. The fourth-order valence-corrected chi connectivity index (χ4v) is 0.775. The average Bonchev–Trinajstić information content (AvgIpc) is 2.55. The Hall–Kier alpha value is -0.950. The number of hydrogen-bond donors (Lipinski definition) is 1. The molecule has 0 aliphatic heterocycles. The molecule has 0 bridgehead atoms. The van der Waals surface area contributed by atoms with Gasteiger partial charge in [-0.05, 0) is 12.1 Å². The number of nitrogens with zero attached hydrogens (tertiary/aromatic N) is 2. The van der Waals surface area contributed by atoms with Crippen LogP contribution in [-0.2, 0) is 0 Å². The van der Waals surface area contributed by atoms with E-state index in [1.165, 1.54) is 0 Å². The summed E-state index contributed by atoms with van der Waals surface area (Å²) in [4.78, 5) is 10.9. The van der Waals surface area contributed by atoms with Crippen LogP contribution in [0.1, 0.15) is 0 Å². The Morgan fingerprint density at radius 3 is 2.91 bits per heavy atom. The number of hydrogen-bond acceptors (Lipinski definition) is 2. The molecule has 0 aliphatic carbocycles. The molecule has 2 rings (SSSR count). The molecule has 2 heterocycles. The number of nitrogens with one attached hydrogen (secondary N) is 1. The molecule has 1 unspecified atom stereocenters. The van der Waals surface area contributed by atoms with Crippen LogP contribution < -0.4 is 0 Å². The predicted octanol–water partition coefficient (Wildman–Crippen LogP) is 1.45. The van der Waals surface area contributed by atoms with Crippen LogP contribution in [0.2, 0.25) is 0 Å². The highest BCUT2D eigenvalue weighted by Crippen LogP contribution is 2.01. The first-order chi connectivity index (χ1) is 5.47. The lowest BCUT2D eigenvalue weighted by molar-refractivity contribution is 1.30. The monoisotopic (exact) mass is 167 g/mol. The number of aromatic nitrogens is 3. The first-order valence-electron chi connectivity index (χ1n) is 3.28. The second-order valence-corrected chi connectivity index (χ2v) is 1.78. The van der Waals surface area contributed by atoms with Gasteiger partial charge in [-0.3, -0.25) is 0 Å². The lowest BCUT2D eigenvalue weighted by Crippen LogP contribution is -1.71. The molecule has 3 nitrogen and oxygen atoms in total. The van der Waals surface area contributed by atoms with E-state index < -0.39 is 0 Å². The summed E-state index contributed by atoms with van der Waals surface area (Å²) in [6, 6.07) is 3.82. The third-order valence-electron chi connectivity index (χ3n) is 1.19. The highest BCUT2D eigenvalue weighted by Gasteiger charge is 1.90. The van der Waals surface area contributed by atoms with Crippen molar-refractivity contribution in [2.24, 2.45) is 0 Å². The molecule has 1 N–H and O–H groups in total. The molecule has 0 saturated heterocycles. The lowest BCUT2D eigenvalue weighted by atomic mass is 10.4. The van der Waals surface area contributed by atoms with Gasteiger partial charge < -0.3 is 4.98 Å². The minimum atomic E-state index is 0.775. The van der Waals surface area contributed by atoms with E-state index >= 15 is 0 Å². The van der Waals surface area contributed by atoms with Gasteiger partial charge in [-0.15, -0.1) is 9.24 Å². The Morgan fingerprint density at radius 2 is 2.18 bits per heavy atom. The van der Waals surface area contributed by atoms with Crippen molar-refractivity contribution in [3.8, 4) is 0 Å². The average molecular weight is 167 g/mol. The molecule has 0 amide bonds. The van der Waals surface area contributed by atoms with Crippen LogP contribution in [0, 0.1) is 0 Å². The fourth-order valence-electron chi connectivity index (χ4n) is 0.775. The van der Waals surface area contributed by atoms with Crippen molar-refractivity contribution in [1.82, 2.24) is 15.0 Å². The second kappa shape index (κ2) is 4.04. The molecule has 1 atom stereocenters. The van der Waals surface area contributed by atoms with Crippen molar-refractivity contribution in [1.29, 1.82) is 0 Å². The Kier molecular flexibility index (Phi) is 2.99. The van der Waals surface area contributed by atoms with Gasteiger partial charge in [0.1, 0.15) is 0 Å². The molecule has 0 fully saturated rings. The van der Waals surface area contributed by atoms with Gasteiger partial charge in [0.05, 0.1) is 11.8 Å². The fraction of sp³-hybridized carbons (Fsp3) is 0.143. The smallest absolute Gasteiger partial charge is 0.177 e. The van der Waals surface area contributed by atoms with Crippen LogP contribution in [-0.4, -0.2) is 21.6 Å². The molecule has 4 heteroatoms. The Morgan fingerprint density at radius 1 is 1.36 bits per heavy atom. The van der Waals surface area contributed by atoms with E-state index in [4.69, 9.17) is 0 Å². The van der Waals surface area contributed by atoms with Crippen LogP contribution in [0.5, 0.6) is 0 Å². The van der Waals surface area contributed by atoms with Gasteiger partial charge in [-0.1, -0.05) is 6.66 Å². The van der Waals surface area contributed by atoms with Gasteiger partial charge in [-0.2, -0.15) is 0 Å². The minimum Gasteiger partial charge on any atom is -0.343 e. The molecular weight excluding hydrogens is 157 g/mol. The molecule has 0 spiro atoms. The zero-order valence-electron chi connectivity index (χ0n) is 6.28. The third-order valence-corrected chi connectivity index (χ3v) is 1.19. The molecule has 58 valence electrons. The largest absolute Gasteiger partial charge is 0.343 e. The van der Waals surface area contributed by atoms with Crippen molar-refractivity contribution in [3.63, 3.8) is 0 Å². The van der Waals surface area contributed by atoms with E-state index in [2.05, 4.69) is 24.2 Å². The van der Waals surface area contributed by atoms with Gasteiger partial charge in [-0.25, -0.2) is 9.97 Å². The van der Waals surface area contributed by atoms with E-state index in [1.54, 1.807) is 12.5 Å². The summed E-state index contributed by atoms with van der Waals surface area (Å²) in [6.45, 7) is 1.92. The van der Waals surface area contributed by atoms with Gasteiger partial charge in [0, 0.05) is 6.20 Å². The van der Waals surface area contributed by atoms with Gasteiger partial charge in [0.15, 0.2) is 5.65 Å².